The van der Waals surface area contributed by atoms with Crippen LogP contribution >= 0.6 is 0 Å². The molecule has 1 aliphatic rings. The summed E-state index contributed by atoms with van der Waals surface area (Å²) in [7, 11) is 0. The standard InChI is InChI=1S/C15H27N3/c1-3-5-7-13(4-2)17-14-8-6-9-15(14)18-11-10-16-12-18/h10-15,17H,3-9H2,1-2H3. The lowest BCUT2D eigenvalue weighted by molar-refractivity contribution is 0.331. The first-order chi connectivity index (χ1) is 8.85. The van der Waals surface area contributed by atoms with Gasteiger partial charge in [0.25, 0.3) is 0 Å². The van der Waals surface area contributed by atoms with Crippen LogP contribution in [0.3, 0.4) is 0 Å². The van der Waals surface area contributed by atoms with Gasteiger partial charge in [-0.1, -0.05) is 26.7 Å². The first-order valence-corrected chi connectivity index (χ1v) is 7.58. The fraction of sp³-hybridized carbons (Fsp3) is 0.800. The molecule has 0 spiro atoms. The minimum absolute atomic E-state index is 0.614. The Morgan fingerprint density at radius 2 is 2.28 bits per heavy atom. The predicted octanol–water partition coefficient (Wildman–Crippen LogP) is 3.54. The molecule has 1 N–H and O–H groups in total. The summed E-state index contributed by atoms with van der Waals surface area (Å²) in [5.41, 5.74) is 0. The van der Waals surface area contributed by atoms with Crippen molar-refractivity contribution >= 4 is 0 Å². The Balaban J connectivity index is 1.90. The van der Waals surface area contributed by atoms with Crippen LogP contribution in [0.5, 0.6) is 0 Å². The van der Waals surface area contributed by atoms with E-state index in [0.29, 0.717) is 18.1 Å². The van der Waals surface area contributed by atoms with E-state index in [2.05, 4.69) is 34.9 Å². The molecule has 1 saturated carbocycles. The summed E-state index contributed by atoms with van der Waals surface area (Å²) in [6.45, 7) is 4.57. The minimum Gasteiger partial charge on any atom is -0.333 e. The number of aromatic nitrogens is 2. The van der Waals surface area contributed by atoms with Gasteiger partial charge in [-0.2, -0.15) is 0 Å². The van der Waals surface area contributed by atoms with E-state index < -0.39 is 0 Å². The Kier molecular flexibility index (Phi) is 5.24. The molecule has 3 unspecified atom stereocenters. The van der Waals surface area contributed by atoms with E-state index in [1.54, 1.807) is 0 Å². The summed E-state index contributed by atoms with van der Waals surface area (Å²) in [5.74, 6) is 0. The smallest absolute Gasteiger partial charge is 0.0949 e. The van der Waals surface area contributed by atoms with Crippen LogP contribution in [-0.2, 0) is 0 Å². The molecule has 0 aliphatic heterocycles. The van der Waals surface area contributed by atoms with Gasteiger partial charge in [0.15, 0.2) is 0 Å². The lowest BCUT2D eigenvalue weighted by Crippen LogP contribution is -2.40. The van der Waals surface area contributed by atoms with E-state index in [1.165, 1.54) is 44.9 Å². The van der Waals surface area contributed by atoms with Crippen molar-refractivity contribution in [3.63, 3.8) is 0 Å². The van der Waals surface area contributed by atoms with E-state index in [4.69, 9.17) is 0 Å². The maximum atomic E-state index is 4.19. The first-order valence-electron chi connectivity index (χ1n) is 7.58. The highest BCUT2D eigenvalue weighted by atomic mass is 15.1. The molecule has 1 aliphatic carbocycles. The quantitative estimate of drug-likeness (QED) is 0.801. The van der Waals surface area contributed by atoms with Gasteiger partial charge in [0.2, 0.25) is 0 Å². The lowest BCUT2D eigenvalue weighted by Gasteiger charge is -2.27. The van der Waals surface area contributed by atoms with E-state index in [0.717, 1.165) is 0 Å². The number of nitrogens with one attached hydrogen (secondary N) is 1. The molecule has 0 bridgehead atoms. The zero-order chi connectivity index (χ0) is 12.8. The van der Waals surface area contributed by atoms with Crippen molar-refractivity contribution in [2.24, 2.45) is 0 Å². The minimum atomic E-state index is 0.614. The van der Waals surface area contributed by atoms with Gasteiger partial charge in [0, 0.05) is 30.5 Å². The SMILES string of the molecule is CCCCC(CC)NC1CCCC1n1ccnc1. The van der Waals surface area contributed by atoms with E-state index >= 15 is 0 Å². The zero-order valence-corrected chi connectivity index (χ0v) is 11.8. The average molecular weight is 249 g/mol. The Hall–Kier alpha value is -0.830. The van der Waals surface area contributed by atoms with Crippen molar-refractivity contribution in [2.75, 3.05) is 0 Å². The third kappa shape index (κ3) is 3.35. The van der Waals surface area contributed by atoms with Crippen LogP contribution in [0.2, 0.25) is 0 Å². The fourth-order valence-corrected chi connectivity index (χ4v) is 3.12. The fourth-order valence-electron chi connectivity index (χ4n) is 3.12. The van der Waals surface area contributed by atoms with Gasteiger partial charge < -0.3 is 9.88 Å². The average Bonchev–Trinajstić information content (AvgIpc) is 3.04. The van der Waals surface area contributed by atoms with Gasteiger partial charge in [-0.3, -0.25) is 0 Å². The maximum Gasteiger partial charge on any atom is 0.0949 e. The molecule has 3 atom stereocenters. The molecule has 1 fully saturated rings. The molecule has 0 amide bonds. The van der Waals surface area contributed by atoms with Crippen molar-refractivity contribution in [1.29, 1.82) is 0 Å². The second-order valence-corrected chi connectivity index (χ2v) is 5.53. The molecule has 3 heteroatoms. The number of unbranched alkanes of at least 4 members (excludes halogenated alkanes) is 1. The Labute approximate surface area is 111 Å². The molecule has 2 rings (SSSR count). The van der Waals surface area contributed by atoms with Gasteiger partial charge in [0.1, 0.15) is 0 Å². The molecule has 0 saturated heterocycles. The second-order valence-electron chi connectivity index (χ2n) is 5.53. The van der Waals surface area contributed by atoms with Crippen LogP contribution in [0.25, 0.3) is 0 Å². The van der Waals surface area contributed by atoms with Crippen molar-refractivity contribution in [2.45, 2.75) is 76.9 Å². The third-order valence-corrected chi connectivity index (χ3v) is 4.24. The molecule has 0 radical (unpaired) electrons. The molecule has 102 valence electrons. The van der Waals surface area contributed by atoms with Crippen LogP contribution in [0, 0.1) is 0 Å². The zero-order valence-electron chi connectivity index (χ0n) is 11.8. The van der Waals surface area contributed by atoms with Crippen LogP contribution in [0.15, 0.2) is 18.7 Å². The van der Waals surface area contributed by atoms with Gasteiger partial charge in [0.05, 0.1) is 6.33 Å². The van der Waals surface area contributed by atoms with Crippen molar-refractivity contribution in [3.05, 3.63) is 18.7 Å². The molecular weight excluding hydrogens is 222 g/mol. The summed E-state index contributed by atoms with van der Waals surface area (Å²) in [6.07, 6.45) is 15.1. The largest absolute Gasteiger partial charge is 0.333 e. The molecule has 1 heterocycles. The second kappa shape index (κ2) is 6.93. The van der Waals surface area contributed by atoms with E-state index in [9.17, 15) is 0 Å². The van der Waals surface area contributed by atoms with Crippen LogP contribution in [-0.4, -0.2) is 21.6 Å². The number of nitrogens with zero attached hydrogens (tertiary/aromatic N) is 2. The molecule has 0 aromatic carbocycles. The van der Waals surface area contributed by atoms with Crippen LogP contribution in [0.4, 0.5) is 0 Å². The summed E-state index contributed by atoms with van der Waals surface area (Å²) in [6, 6.07) is 1.95. The summed E-state index contributed by atoms with van der Waals surface area (Å²) in [5, 5.41) is 3.89. The molecule has 18 heavy (non-hydrogen) atoms. The highest BCUT2D eigenvalue weighted by Gasteiger charge is 2.29. The molecule has 1 aromatic rings. The topological polar surface area (TPSA) is 29.9 Å². The Bertz CT molecular complexity index is 320. The Morgan fingerprint density at radius 1 is 1.39 bits per heavy atom. The normalized spacial score (nSPS) is 25.4. The lowest BCUT2D eigenvalue weighted by atomic mass is 10.0. The summed E-state index contributed by atoms with van der Waals surface area (Å²) >= 11 is 0. The molecular formula is C15H27N3. The van der Waals surface area contributed by atoms with Gasteiger partial charge in [-0.15, -0.1) is 0 Å². The van der Waals surface area contributed by atoms with Gasteiger partial charge in [-0.05, 0) is 32.1 Å². The number of imidazole rings is 1. The number of hydrogen-bond donors (Lipinski definition) is 1. The highest BCUT2D eigenvalue weighted by molar-refractivity contribution is 4.92. The highest BCUT2D eigenvalue weighted by Crippen LogP contribution is 2.30. The van der Waals surface area contributed by atoms with E-state index in [1.807, 2.05) is 12.5 Å². The Morgan fingerprint density at radius 3 is 2.94 bits per heavy atom. The van der Waals surface area contributed by atoms with Gasteiger partial charge in [-0.25, -0.2) is 4.98 Å². The predicted molar refractivity (Wildman–Crippen MR) is 75.6 cm³/mol. The maximum absolute atomic E-state index is 4.19. The van der Waals surface area contributed by atoms with Crippen molar-refractivity contribution < 1.29 is 0 Å². The monoisotopic (exact) mass is 249 g/mol. The summed E-state index contributed by atoms with van der Waals surface area (Å²) < 4.78 is 2.29. The number of hydrogen-bond acceptors (Lipinski definition) is 2. The van der Waals surface area contributed by atoms with Crippen molar-refractivity contribution in [3.8, 4) is 0 Å². The molecule has 1 aromatic heterocycles. The van der Waals surface area contributed by atoms with Crippen LogP contribution < -0.4 is 5.32 Å². The molecule has 3 nitrogen and oxygen atoms in total. The van der Waals surface area contributed by atoms with E-state index in [-0.39, 0.29) is 0 Å². The summed E-state index contributed by atoms with van der Waals surface area (Å²) in [4.78, 5) is 4.19. The first kappa shape index (κ1) is 13.6. The van der Waals surface area contributed by atoms with Gasteiger partial charge >= 0.3 is 0 Å². The third-order valence-electron chi connectivity index (χ3n) is 4.24. The van der Waals surface area contributed by atoms with Crippen LogP contribution in [0.1, 0.15) is 64.8 Å². The number of rotatable bonds is 7. The van der Waals surface area contributed by atoms with Crippen molar-refractivity contribution in [1.82, 2.24) is 14.9 Å².